The van der Waals surface area contributed by atoms with Crippen molar-refractivity contribution in [2.45, 2.75) is 17.5 Å². The van der Waals surface area contributed by atoms with Crippen molar-refractivity contribution in [1.29, 1.82) is 0 Å². The zero-order valence-corrected chi connectivity index (χ0v) is 12.1. The monoisotopic (exact) mass is 359 g/mol. The van der Waals surface area contributed by atoms with Gasteiger partial charge in [0.25, 0.3) is 6.43 Å². The van der Waals surface area contributed by atoms with E-state index in [-0.39, 0.29) is 15.6 Å². The molecule has 0 bridgehead atoms. The molecule has 0 saturated heterocycles. The zero-order chi connectivity index (χ0) is 16.5. The minimum atomic E-state index is -4.62. The fourth-order valence-electron chi connectivity index (χ4n) is 1.54. The fraction of sp³-hybridized carbons (Fsp3) is 0.273. The Kier molecular flexibility index (Phi) is 4.93. The van der Waals surface area contributed by atoms with E-state index in [1.54, 1.807) is 0 Å². The van der Waals surface area contributed by atoms with E-state index in [4.69, 9.17) is 11.6 Å². The molecule has 22 heavy (non-hydrogen) atoms. The lowest BCUT2D eigenvalue weighted by Crippen LogP contribution is -2.23. The zero-order valence-electron chi connectivity index (χ0n) is 10.5. The molecule has 0 spiro atoms. The Morgan fingerprint density at radius 3 is 2.55 bits per heavy atom. The van der Waals surface area contributed by atoms with Crippen LogP contribution in [0.4, 0.5) is 22.0 Å². The van der Waals surface area contributed by atoms with Gasteiger partial charge in [-0.1, -0.05) is 11.6 Å². The number of aromatic nitrogens is 3. The molecule has 0 saturated carbocycles. The van der Waals surface area contributed by atoms with Crippen LogP contribution in [0.1, 0.15) is 12.2 Å². The van der Waals surface area contributed by atoms with Gasteiger partial charge < -0.3 is 4.55 Å². The first kappa shape index (κ1) is 17.0. The topological polar surface area (TPSA) is 53.8 Å². The summed E-state index contributed by atoms with van der Waals surface area (Å²) in [7, 11) is 0. The molecule has 1 aromatic heterocycles. The normalized spacial score (nSPS) is 13.6. The lowest BCUT2D eigenvalue weighted by molar-refractivity contribution is -0.106. The van der Waals surface area contributed by atoms with Crippen LogP contribution in [0, 0.1) is 0 Å². The molecule has 4 nitrogen and oxygen atoms in total. The third-order valence-electron chi connectivity index (χ3n) is 2.42. The van der Waals surface area contributed by atoms with Gasteiger partial charge in [-0.25, -0.2) is 18.4 Å². The SMILES string of the molecule is [O-][S+](CC(F)(F)F)c1cc(-n2cnc(C(F)F)n2)ccc1Cl. The van der Waals surface area contributed by atoms with Crippen molar-refractivity contribution in [1.82, 2.24) is 14.8 Å². The van der Waals surface area contributed by atoms with Crippen molar-refractivity contribution in [3.05, 3.63) is 35.4 Å². The molecular weight excluding hydrogens is 353 g/mol. The number of hydrogen-bond donors (Lipinski definition) is 0. The smallest absolute Gasteiger partial charge is 0.433 e. The van der Waals surface area contributed by atoms with Crippen LogP contribution < -0.4 is 0 Å². The third kappa shape index (κ3) is 4.08. The molecule has 1 unspecified atom stereocenters. The minimum Gasteiger partial charge on any atom is -0.611 e. The first-order valence-electron chi connectivity index (χ1n) is 5.62. The van der Waals surface area contributed by atoms with Gasteiger partial charge in [-0.15, -0.1) is 5.10 Å². The molecule has 0 amide bonds. The number of rotatable bonds is 4. The van der Waals surface area contributed by atoms with Gasteiger partial charge in [0.1, 0.15) is 6.33 Å². The second kappa shape index (κ2) is 6.39. The van der Waals surface area contributed by atoms with Gasteiger partial charge in [-0.05, 0) is 23.3 Å². The van der Waals surface area contributed by atoms with Crippen molar-refractivity contribution in [3.8, 4) is 5.69 Å². The number of alkyl halides is 5. The molecule has 1 atom stereocenters. The number of benzene rings is 1. The molecule has 2 rings (SSSR count). The van der Waals surface area contributed by atoms with Gasteiger partial charge in [0.15, 0.2) is 4.90 Å². The van der Waals surface area contributed by atoms with Crippen LogP contribution in [-0.4, -0.2) is 31.2 Å². The molecule has 120 valence electrons. The standard InChI is InChI=1S/C11H7ClF5N3OS/c12-7-2-1-6(20-5-18-10(19-20)9(13)14)3-8(7)22(21)4-11(15,16)17/h1-3,5,9H,4H2. The number of halogens is 6. The van der Waals surface area contributed by atoms with Gasteiger partial charge in [0, 0.05) is 6.07 Å². The second-order valence-corrected chi connectivity index (χ2v) is 5.89. The van der Waals surface area contributed by atoms with Crippen molar-refractivity contribution in [2.75, 3.05) is 5.75 Å². The molecule has 1 aromatic carbocycles. The van der Waals surface area contributed by atoms with Crippen molar-refractivity contribution >= 4 is 22.8 Å². The fourth-order valence-corrected chi connectivity index (χ4v) is 2.90. The van der Waals surface area contributed by atoms with E-state index in [0.29, 0.717) is 0 Å². The van der Waals surface area contributed by atoms with Crippen LogP contribution in [0.15, 0.2) is 29.4 Å². The van der Waals surface area contributed by atoms with Gasteiger partial charge in [0.2, 0.25) is 11.6 Å². The summed E-state index contributed by atoms with van der Waals surface area (Å²) >= 11 is 3.32. The second-order valence-electron chi connectivity index (χ2n) is 4.07. The maximum absolute atomic E-state index is 12.4. The maximum atomic E-state index is 12.4. The molecule has 0 radical (unpaired) electrons. The number of hydrogen-bond acceptors (Lipinski definition) is 3. The van der Waals surface area contributed by atoms with Crippen LogP contribution in [0.5, 0.6) is 0 Å². The Morgan fingerprint density at radius 2 is 2.00 bits per heavy atom. The van der Waals surface area contributed by atoms with Crippen LogP contribution >= 0.6 is 11.6 Å². The summed E-state index contributed by atoms with van der Waals surface area (Å²) in [6.45, 7) is 0. The summed E-state index contributed by atoms with van der Waals surface area (Å²) in [6, 6.07) is 3.64. The van der Waals surface area contributed by atoms with Gasteiger partial charge in [-0.3, -0.25) is 0 Å². The van der Waals surface area contributed by atoms with Gasteiger partial charge >= 0.3 is 6.18 Å². The summed E-state index contributed by atoms with van der Waals surface area (Å²) in [5.74, 6) is -2.29. The highest BCUT2D eigenvalue weighted by molar-refractivity contribution is 7.91. The summed E-state index contributed by atoms with van der Waals surface area (Å²) in [5.41, 5.74) is 0.120. The first-order valence-corrected chi connectivity index (χ1v) is 7.32. The largest absolute Gasteiger partial charge is 0.611 e. The quantitative estimate of drug-likeness (QED) is 0.620. The van der Waals surface area contributed by atoms with Gasteiger partial charge in [0.05, 0.1) is 10.7 Å². The Morgan fingerprint density at radius 1 is 1.32 bits per heavy atom. The maximum Gasteiger partial charge on any atom is 0.433 e. The number of nitrogens with zero attached hydrogens (tertiary/aromatic N) is 3. The third-order valence-corrected chi connectivity index (χ3v) is 4.28. The summed E-state index contributed by atoms with van der Waals surface area (Å²) in [4.78, 5) is 3.10. The molecule has 0 aliphatic carbocycles. The van der Waals surface area contributed by atoms with Crippen molar-refractivity contribution < 1.29 is 26.5 Å². The lowest BCUT2D eigenvalue weighted by atomic mass is 10.3. The average Bonchev–Trinajstić information content (AvgIpc) is 2.86. The van der Waals surface area contributed by atoms with Gasteiger partial charge in [-0.2, -0.15) is 13.2 Å². The molecule has 0 fully saturated rings. The molecule has 1 heterocycles. The molecule has 2 aromatic rings. The summed E-state index contributed by atoms with van der Waals surface area (Å²) < 4.78 is 74.4. The molecule has 0 aliphatic heterocycles. The minimum absolute atomic E-state index is 0.120. The van der Waals surface area contributed by atoms with Crippen LogP contribution in [0.25, 0.3) is 5.69 Å². The average molecular weight is 360 g/mol. The molecule has 0 N–H and O–H groups in total. The predicted octanol–water partition coefficient (Wildman–Crippen LogP) is 3.53. The Balaban J connectivity index is 2.33. The Bertz CT molecular complexity index is 663. The summed E-state index contributed by atoms with van der Waals surface area (Å²) in [6.07, 6.45) is -6.53. The highest BCUT2D eigenvalue weighted by Crippen LogP contribution is 2.29. The molecular formula is C11H7ClF5N3OS. The van der Waals surface area contributed by atoms with E-state index in [2.05, 4.69) is 10.1 Å². The van der Waals surface area contributed by atoms with Crippen LogP contribution in [0.2, 0.25) is 5.02 Å². The van der Waals surface area contributed by atoms with E-state index < -0.39 is 35.4 Å². The van der Waals surface area contributed by atoms with Crippen LogP contribution in [0.3, 0.4) is 0 Å². The van der Waals surface area contributed by atoms with Crippen molar-refractivity contribution in [3.63, 3.8) is 0 Å². The van der Waals surface area contributed by atoms with E-state index >= 15 is 0 Å². The Hall–Kier alpha value is -1.39. The first-order chi connectivity index (χ1) is 10.2. The van der Waals surface area contributed by atoms with E-state index in [1.165, 1.54) is 12.1 Å². The van der Waals surface area contributed by atoms with E-state index in [0.717, 1.165) is 17.1 Å². The van der Waals surface area contributed by atoms with Crippen molar-refractivity contribution in [2.24, 2.45) is 0 Å². The molecule has 0 aliphatic rings. The summed E-state index contributed by atoms with van der Waals surface area (Å²) in [5, 5.41) is 3.35. The van der Waals surface area contributed by atoms with Crippen LogP contribution in [-0.2, 0) is 11.2 Å². The highest BCUT2D eigenvalue weighted by Gasteiger charge is 2.36. The molecule has 11 heteroatoms. The van der Waals surface area contributed by atoms with E-state index in [1.807, 2.05) is 0 Å². The predicted molar refractivity (Wildman–Crippen MR) is 68.7 cm³/mol. The Labute approximate surface area is 129 Å². The van der Waals surface area contributed by atoms with E-state index in [9.17, 15) is 26.5 Å². The lowest BCUT2D eigenvalue weighted by Gasteiger charge is -2.14. The highest BCUT2D eigenvalue weighted by atomic mass is 35.5.